The van der Waals surface area contributed by atoms with E-state index in [-0.39, 0.29) is 18.7 Å². The molecule has 0 aliphatic carbocycles. The first-order valence-electron chi connectivity index (χ1n) is 11.2. The monoisotopic (exact) mass is 537 g/mol. The first-order valence-corrected chi connectivity index (χ1v) is 12.0. The Morgan fingerprint density at radius 1 is 0.857 bits per heavy atom. The smallest absolute Gasteiger partial charge is 0.269 e. The van der Waals surface area contributed by atoms with Gasteiger partial charge in [0.05, 0.1) is 11.1 Å². The number of nitrogens with one attached hydrogen (secondary N) is 3. The Kier molecular flexibility index (Phi) is 9.43. The summed E-state index contributed by atoms with van der Waals surface area (Å²) < 4.78 is 6.43. The molecule has 3 rings (SSSR count). The number of benzene rings is 3. The van der Waals surface area contributed by atoms with Gasteiger partial charge in [-0.15, -0.1) is 0 Å². The Labute approximate surface area is 213 Å². The number of rotatable bonds is 9. The summed E-state index contributed by atoms with van der Waals surface area (Å²) in [6, 6.07) is 20.7. The van der Waals surface area contributed by atoms with Gasteiger partial charge in [-0.2, -0.15) is 0 Å². The fourth-order valence-electron chi connectivity index (χ4n) is 3.25. The molecule has 3 N–H and O–H groups in total. The second-order valence-corrected chi connectivity index (χ2v) is 8.95. The molecule has 35 heavy (non-hydrogen) atoms. The minimum atomic E-state index is -0.477. The molecule has 0 unspecified atom stereocenters. The van der Waals surface area contributed by atoms with E-state index in [0.29, 0.717) is 22.4 Å². The molecule has 0 aliphatic heterocycles. The number of carbonyl (C=O) groups is 3. The average Bonchev–Trinajstić information content (AvgIpc) is 2.85. The third-order valence-corrected chi connectivity index (χ3v) is 5.87. The second kappa shape index (κ2) is 12.7. The van der Waals surface area contributed by atoms with E-state index in [0.717, 1.165) is 23.2 Å². The molecular formula is C27H28BrN3O4. The van der Waals surface area contributed by atoms with Crippen LogP contribution in [0.5, 0.6) is 5.75 Å². The van der Waals surface area contributed by atoms with Crippen molar-refractivity contribution in [3.63, 3.8) is 0 Å². The predicted octanol–water partition coefficient (Wildman–Crippen LogP) is 4.87. The molecule has 0 fully saturated rings. The van der Waals surface area contributed by atoms with Gasteiger partial charge < -0.3 is 10.1 Å². The summed E-state index contributed by atoms with van der Waals surface area (Å²) in [7, 11) is 0. The zero-order valence-corrected chi connectivity index (χ0v) is 21.3. The van der Waals surface area contributed by atoms with Crippen molar-refractivity contribution in [1.82, 2.24) is 10.9 Å². The summed E-state index contributed by atoms with van der Waals surface area (Å²) in [6.07, 6.45) is 0.703. The van der Waals surface area contributed by atoms with Crippen molar-refractivity contribution >= 4 is 39.3 Å². The van der Waals surface area contributed by atoms with Crippen LogP contribution in [0, 0.1) is 13.8 Å². The summed E-state index contributed by atoms with van der Waals surface area (Å²) >= 11 is 3.42. The van der Waals surface area contributed by atoms with Crippen LogP contribution >= 0.6 is 15.9 Å². The molecule has 3 amide bonds. The summed E-state index contributed by atoms with van der Waals surface area (Å²) in [5, 5.41) is 2.81. The van der Waals surface area contributed by atoms with Gasteiger partial charge in [0.25, 0.3) is 5.91 Å². The molecule has 7 nitrogen and oxygen atoms in total. The highest BCUT2D eigenvalue weighted by Gasteiger charge is 2.12. The van der Waals surface area contributed by atoms with Gasteiger partial charge in [0, 0.05) is 30.5 Å². The molecule has 0 saturated carbocycles. The number of carbonyl (C=O) groups excluding carboxylic acids is 3. The number of aryl methyl sites for hydroxylation is 2. The van der Waals surface area contributed by atoms with Crippen molar-refractivity contribution in [2.45, 2.75) is 33.1 Å². The SMILES string of the molecule is Cc1ccc(C)c(NC(=O)CCC(=O)NNC(=O)c2ccc(OCCc3ccccc3)c(Br)c2)c1. The third-order valence-electron chi connectivity index (χ3n) is 5.25. The van der Waals surface area contributed by atoms with Crippen molar-refractivity contribution in [1.29, 1.82) is 0 Å². The van der Waals surface area contributed by atoms with Gasteiger partial charge >= 0.3 is 0 Å². The minimum Gasteiger partial charge on any atom is -0.492 e. The summed E-state index contributed by atoms with van der Waals surface area (Å²) in [6.45, 7) is 4.34. The molecule has 0 saturated heterocycles. The predicted molar refractivity (Wildman–Crippen MR) is 139 cm³/mol. The van der Waals surface area contributed by atoms with Gasteiger partial charge in [-0.05, 0) is 70.7 Å². The van der Waals surface area contributed by atoms with Crippen LogP contribution in [0.3, 0.4) is 0 Å². The van der Waals surface area contributed by atoms with E-state index in [2.05, 4.69) is 32.1 Å². The lowest BCUT2D eigenvalue weighted by Gasteiger charge is -2.11. The van der Waals surface area contributed by atoms with Gasteiger partial charge in [0.1, 0.15) is 5.75 Å². The third kappa shape index (κ3) is 8.26. The van der Waals surface area contributed by atoms with E-state index in [4.69, 9.17) is 4.74 Å². The quantitative estimate of drug-likeness (QED) is 0.339. The Hall–Kier alpha value is -3.65. The van der Waals surface area contributed by atoms with Crippen LogP contribution in [0.4, 0.5) is 5.69 Å². The van der Waals surface area contributed by atoms with Crippen molar-refractivity contribution < 1.29 is 19.1 Å². The second-order valence-electron chi connectivity index (χ2n) is 8.10. The van der Waals surface area contributed by atoms with Crippen LogP contribution in [-0.4, -0.2) is 24.3 Å². The first kappa shape index (κ1) is 26.0. The molecule has 0 bridgehead atoms. The lowest BCUT2D eigenvalue weighted by Crippen LogP contribution is -2.41. The molecule has 0 atom stereocenters. The van der Waals surface area contributed by atoms with E-state index in [1.54, 1.807) is 18.2 Å². The highest BCUT2D eigenvalue weighted by molar-refractivity contribution is 9.10. The Morgan fingerprint density at radius 2 is 1.60 bits per heavy atom. The lowest BCUT2D eigenvalue weighted by molar-refractivity contribution is -0.124. The van der Waals surface area contributed by atoms with Crippen LogP contribution in [-0.2, 0) is 16.0 Å². The number of ether oxygens (including phenoxy) is 1. The zero-order chi connectivity index (χ0) is 25.2. The molecule has 0 heterocycles. The fourth-order valence-corrected chi connectivity index (χ4v) is 3.75. The van der Waals surface area contributed by atoms with Crippen molar-refractivity contribution in [2.75, 3.05) is 11.9 Å². The molecular weight excluding hydrogens is 510 g/mol. The molecule has 8 heteroatoms. The highest BCUT2D eigenvalue weighted by Crippen LogP contribution is 2.26. The standard InChI is InChI=1S/C27H28BrN3O4/c1-18-8-9-19(2)23(16-18)29-25(32)12-13-26(33)30-31-27(34)21-10-11-24(22(28)17-21)35-15-14-20-6-4-3-5-7-20/h3-11,16-17H,12-15H2,1-2H3,(H,29,32)(H,30,33)(H,31,34). The number of anilines is 1. The van der Waals surface area contributed by atoms with E-state index in [1.807, 2.05) is 62.4 Å². The van der Waals surface area contributed by atoms with E-state index in [9.17, 15) is 14.4 Å². The number of halogens is 1. The lowest BCUT2D eigenvalue weighted by atomic mass is 10.1. The number of amides is 3. The summed E-state index contributed by atoms with van der Waals surface area (Å²) in [5.74, 6) is -0.590. The molecule has 0 radical (unpaired) electrons. The zero-order valence-electron chi connectivity index (χ0n) is 19.7. The number of hydrogen-bond donors (Lipinski definition) is 3. The topological polar surface area (TPSA) is 96.5 Å². The molecule has 0 spiro atoms. The number of hydrazine groups is 1. The molecule has 3 aromatic rings. The highest BCUT2D eigenvalue weighted by atomic mass is 79.9. The van der Waals surface area contributed by atoms with Gasteiger partial charge in [-0.25, -0.2) is 0 Å². The fraction of sp³-hybridized carbons (Fsp3) is 0.222. The van der Waals surface area contributed by atoms with E-state index < -0.39 is 11.8 Å². The van der Waals surface area contributed by atoms with Crippen LogP contribution < -0.4 is 20.9 Å². The van der Waals surface area contributed by atoms with E-state index >= 15 is 0 Å². The molecule has 0 aromatic heterocycles. The first-order chi connectivity index (χ1) is 16.8. The van der Waals surface area contributed by atoms with Crippen LogP contribution in [0.25, 0.3) is 0 Å². The van der Waals surface area contributed by atoms with Gasteiger partial charge in [-0.1, -0.05) is 42.5 Å². The van der Waals surface area contributed by atoms with Crippen LogP contribution in [0.15, 0.2) is 71.2 Å². The van der Waals surface area contributed by atoms with Crippen LogP contribution in [0.2, 0.25) is 0 Å². The van der Waals surface area contributed by atoms with Crippen LogP contribution in [0.1, 0.15) is 39.9 Å². The minimum absolute atomic E-state index is 0.00431. The van der Waals surface area contributed by atoms with Gasteiger partial charge in [-0.3, -0.25) is 25.2 Å². The van der Waals surface area contributed by atoms with E-state index in [1.165, 1.54) is 5.56 Å². The summed E-state index contributed by atoms with van der Waals surface area (Å²) in [5.41, 5.74) is 8.94. The Morgan fingerprint density at radius 3 is 2.34 bits per heavy atom. The Bertz CT molecular complexity index is 1200. The molecule has 182 valence electrons. The largest absolute Gasteiger partial charge is 0.492 e. The Balaban J connectivity index is 1.41. The maximum absolute atomic E-state index is 12.4. The summed E-state index contributed by atoms with van der Waals surface area (Å²) in [4.78, 5) is 36.6. The van der Waals surface area contributed by atoms with Crippen molar-refractivity contribution in [3.8, 4) is 5.75 Å². The van der Waals surface area contributed by atoms with Gasteiger partial charge in [0.2, 0.25) is 11.8 Å². The average molecular weight is 538 g/mol. The molecule has 3 aromatic carbocycles. The van der Waals surface area contributed by atoms with Crippen molar-refractivity contribution in [3.05, 3.63) is 93.5 Å². The van der Waals surface area contributed by atoms with Crippen molar-refractivity contribution in [2.24, 2.45) is 0 Å². The molecule has 0 aliphatic rings. The normalized spacial score (nSPS) is 10.4. The maximum Gasteiger partial charge on any atom is 0.269 e. The maximum atomic E-state index is 12.4. The van der Waals surface area contributed by atoms with Gasteiger partial charge in [0.15, 0.2) is 0 Å². The number of hydrogen-bond acceptors (Lipinski definition) is 4.